The first-order valence-electron chi connectivity index (χ1n) is 7.86. The van der Waals surface area contributed by atoms with E-state index >= 15 is 0 Å². The van der Waals surface area contributed by atoms with E-state index in [4.69, 9.17) is 10.8 Å². The van der Waals surface area contributed by atoms with E-state index in [0.29, 0.717) is 0 Å². The van der Waals surface area contributed by atoms with Gasteiger partial charge in [0.15, 0.2) is 5.96 Å². The van der Waals surface area contributed by atoms with Crippen LogP contribution < -0.4 is 5.73 Å². The van der Waals surface area contributed by atoms with Gasteiger partial charge in [-0.25, -0.2) is 9.79 Å². The van der Waals surface area contributed by atoms with Crippen LogP contribution >= 0.6 is 0 Å². The van der Waals surface area contributed by atoms with Gasteiger partial charge in [-0.2, -0.15) is 0 Å². The van der Waals surface area contributed by atoms with Gasteiger partial charge in [-0.05, 0) is 41.8 Å². The summed E-state index contributed by atoms with van der Waals surface area (Å²) in [7, 11) is 1.61. The lowest BCUT2D eigenvalue weighted by Crippen LogP contribution is -2.47. The standard InChI is InChI=1S/C19H19N3O3/c1-19(11-16(23)22(2)18(20)21-19)15-8-4-6-13(10-15)12-5-3-7-14(9-12)17(24)25/h3-10H,11H2,1-2H3,(H2,20,21)(H,24,25). The van der Waals surface area contributed by atoms with Gasteiger partial charge in [0.1, 0.15) is 0 Å². The number of carboxylic acids is 1. The predicted octanol–water partition coefficient (Wildman–Crippen LogP) is 2.44. The number of nitrogens with two attached hydrogens (primary N) is 1. The number of benzene rings is 2. The van der Waals surface area contributed by atoms with E-state index in [9.17, 15) is 9.59 Å². The summed E-state index contributed by atoms with van der Waals surface area (Å²) in [5, 5.41) is 9.17. The molecule has 0 aliphatic carbocycles. The zero-order valence-electron chi connectivity index (χ0n) is 14.1. The van der Waals surface area contributed by atoms with Gasteiger partial charge in [-0.3, -0.25) is 9.69 Å². The molecule has 1 heterocycles. The average molecular weight is 337 g/mol. The molecule has 6 heteroatoms. The number of aliphatic imine (C=N–C) groups is 1. The molecule has 3 N–H and O–H groups in total. The van der Waals surface area contributed by atoms with Crippen molar-refractivity contribution in [3.05, 3.63) is 59.7 Å². The minimum absolute atomic E-state index is 0.0896. The lowest BCUT2D eigenvalue weighted by molar-refractivity contribution is -0.128. The number of amides is 1. The van der Waals surface area contributed by atoms with E-state index in [1.54, 1.807) is 25.2 Å². The quantitative estimate of drug-likeness (QED) is 0.899. The lowest BCUT2D eigenvalue weighted by atomic mass is 9.86. The summed E-state index contributed by atoms with van der Waals surface area (Å²) in [5.74, 6) is -0.867. The molecule has 0 fully saturated rings. The first kappa shape index (κ1) is 16.7. The van der Waals surface area contributed by atoms with Crippen molar-refractivity contribution in [2.24, 2.45) is 10.7 Å². The SMILES string of the molecule is CN1C(=O)CC(C)(c2cccc(-c3cccc(C(=O)O)c3)c2)N=C1N. The third kappa shape index (κ3) is 3.10. The molecule has 0 spiro atoms. The summed E-state index contributed by atoms with van der Waals surface area (Å²) in [6.07, 6.45) is 0.225. The predicted molar refractivity (Wildman–Crippen MR) is 95.2 cm³/mol. The van der Waals surface area contributed by atoms with E-state index in [1.807, 2.05) is 37.3 Å². The minimum Gasteiger partial charge on any atom is -0.478 e. The number of guanidine groups is 1. The first-order valence-corrected chi connectivity index (χ1v) is 7.86. The fraction of sp³-hybridized carbons (Fsp3) is 0.211. The molecule has 6 nitrogen and oxygen atoms in total. The third-order valence-corrected chi connectivity index (χ3v) is 4.50. The summed E-state index contributed by atoms with van der Waals surface area (Å²) in [6.45, 7) is 1.87. The number of aromatic carboxylic acids is 1. The van der Waals surface area contributed by atoms with Crippen LogP contribution in [0.25, 0.3) is 11.1 Å². The maximum Gasteiger partial charge on any atom is 0.335 e. The third-order valence-electron chi connectivity index (χ3n) is 4.50. The molecule has 25 heavy (non-hydrogen) atoms. The maximum absolute atomic E-state index is 12.2. The van der Waals surface area contributed by atoms with Crippen LogP contribution in [0, 0.1) is 0 Å². The summed E-state index contributed by atoms with van der Waals surface area (Å²) in [6, 6.07) is 14.3. The van der Waals surface area contributed by atoms with Crippen molar-refractivity contribution in [3.63, 3.8) is 0 Å². The molecule has 3 rings (SSSR count). The van der Waals surface area contributed by atoms with Gasteiger partial charge in [-0.1, -0.05) is 30.3 Å². The summed E-state index contributed by atoms with van der Waals surface area (Å²) >= 11 is 0. The largest absolute Gasteiger partial charge is 0.478 e. The highest BCUT2D eigenvalue weighted by molar-refractivity contribution is 5.98. The molecule has 2 aromatic carbocycles. The van der Waals surface area contributed by atoms with Gasteiger partial charge in [0.25, 0.3) is 0 Å². The van der Waals surface area contributed by atoms with Crippen LogP contribution in [-0.4, -0.2) is 34.9 Å². The Morgan fingerprint density at radius 1 is 1.20 bits per heavy atom. The number of carboxylic acid groups (broad SMARTS) is 1. The summed E-state index contributed by atoms with van der Waals surface area (Å²) in [5.41, 5.74) is 7.87. The van der Waals surface area contributed by atoms with Crippen molar-refractivity contribution in [2.75, 3.05) is 7.05 Å². The molecule has 0 bridgehead atoms. The minimum atomic E-state index is -0.969. The first-order chi connectivity index (χ1) is 11.8. The van der Waals surface area contributed by atoms with E-state index in [2.05, 4.69) is 4.99 Å². The van der Waals surface area contributed by atoms with Crippen molar-refractivity contribution in [2.45, 2.75) is 18.9 Å². The van der Waals surface area contributed by atoms with Gasteiger partial charge in [-0.15, -0.1) is 0 Å². The number of carbonyl (C=O) groups is 2. The van der Waals surface area contributed by atoms with Gasteiger partial charge in [0.2, 0.25) is 5.91 Å². The molecule has 128 valence electrons. The van der Waals surface area contributed by atoms with E-state index in [1.165, 1.54) is 4.90 Å². The molecule has 1 aliphatic heterocycles. The van der Waals surface area contributed by atoms with E-state index in [0.717, 1.165) is 16.7 Å². The van der Waals surface area contributed by atoms with Crippen molar-refractivity contribution < 1.29 is 14.7 Å². The Labute approximate surface area is 145 Å². The zero-order chi connectivity index (χ0) is 18.2. The molecule has 0 saturated carbocycles. The molecular weight excluding hydrogens is 318 g/mol. The second-order valence-corrected chi connectivity index (χ2v) is 6.34. The van der Waals surface area contributed by atoms with Gasteiger partial charge in [0, 0.05) is 7.05 Å². The highest BCUT2D eigenvalue weighted by Gasteiger charge is 2.36. The Balaban J connectivity index is 2.04. The van der Waals surface area contributed by atoms with Crippen LogP contribution in [0.2, 0.25) is 0 Å². The van der Waals surface area contributed by atoms with Crippen LogP contribution in [0.15, 0.2) is 53.5 Å². The average Bonchev–Trinajstić information content (AvgIpc) is 2.60. The van der Waals surface area contributed by atoms with Crippen molar-refractivity contribution >= 4 is 17.8 Å². The molecule has 0 radical (unpaired) electrons. The number of hydrogen-bond acceptors (Lipinski definition) is 4. The van der Waals surface area contributed by atoms with Gasteiger partial charge < -0.3 is 10.8 Å². The van der Waals surface area contributed by atoms with Crippen LogP contribution in [0.1, 0.15) is 29.3 Å². The maximum atomic E-state index is 12.2. The summed E-state index contributed by atoms with van der Waals surface area (Å²) < 4.78 is 0. The lowest BCUT2D eigenvalue weighted by Gasteiger charge is -2.33. The molecule has 1 aliphatic rings. The zero-order valence-corrected chi connectivity index (χ0v) is 14.1. The molecule has 1 atom stereocenters. The Hall–Kier alpha value is -3.15. The van der Waals surface area contributed by atoms with Gasteiger partial charge >= 0.3 is 5.97 Å². The fourth-order valence-corrected chi connectivity index (χ4v) is 2.94. The normalized spacial score (nSPS) is 20.3. The Morgan fingerprint density at radius 2 is 1.84 bits per heavy atom. The number of carbonyl (C=O) groups excluding carboxylic acids is 1. The van der Waals surface area contributed by atoms with Crippen LogP contribution in [0.4, 0.5) is 0 Å². The second kappa shape index (κ2) is 6.05. The second-order valence-electron chi connectivity index (χ2n) is 6.34. The molecule has 2 aromatic rings. The van der Waals surface area contributed by atoms with Crippen LogP contribution in [0.3, 0.4) is 0 Å². The van der Waals surface area contributed by atoms with Crippen molar-refractivity contribution in [1.29, 1.82) is 0 Å². The monoisotopic (exact) mass is 337 g/mol. The highest BCUT2D eigenvalue weighted by Crippen LogP contribution is 2.35. The van der Waals surface area contributed by atoms with Crippen molar-refractivity contribution in [3.8, 4) is 11.1 Å². The molecular formula is C19H19N3O3. The smallest absolute Gasteiger partial charge is 0.335 e. The van der Waals surface area contributed by atoms with E-state index < -0.39 is 11.5 Å². The Bertz CT molecular complexity index is 891. The highest BCUT2D eigenvalue weighted by atomic mass is 16.4. The topological polar surface area (TPSA) is 96.0 Å². The Kier molecular flexibility index (Phi) is 4.04. The van der Waals surface area contributed by atoms with Crippen molar-refractivity contribution in [1.82, 2.24) is 4.90 Å². The Morgan fingerprint density at radius 3 is 2.48 bits per heavy atom. The van der Waals surface area contributed by atoms with Crippen LogP contribution in [-0.2, 0) is 10.3 Å². The molecule has 0 aromatic heterocycles. The van der Waals surface area contributed by atoms with Crippen LogP contribution in [0.5, 0.6) is 0 Å². The molecule has 0 saturated heterocycles. The summed E-state index contributed by atoms with van der Waals surface area (Å²) in [4.78, 5) is 29.2. The fourth-order valence-electron chi connectivity index (χ4n) is 2.94. The number of nitrogens with zero attached hydrogens (tertiary/aromatic N) is 2. The van der Waals surface area contributed by atoms with Gasteiger partial charge in [0.05, 0.1) is 17.5 Å². The molecule has 1 unspecified atom stereocenters. The number of hydrogen-bond donors (Lipinski definition) is 2. The molecule has 1 amide bonds. The van der Waals surface area contributed by atoms with E-state index in [-0.39, 0.29) is 23.9 Å². The number of rotatable bonds is 3.